The zero-order chi connectivity index (χ0) is 18.8. The average Bonchev–Trinajstić information content (AvgIpc) is 2.85. The van der Waals surface area contributed by atoms with Crippen LogP contribution in [-0.2, 0) is 26.9 Å². The molecule has 0 radical (unpaired) electrons. The van der Waals surface area contributed by atoms with Gasteiger partial charge in [-0.1, -0.05) is 26.0 Å². The van der Waals surface area contributed by atoms with E-state index in [9.17, 15) is 8.42 Å². The van der Waals surface area contributed by atoms with Crippen molar-refractivity contribution in [1.29, 1.82) is 0 Å². The lowest BCUT2D eigenvalue weighted by molar-refractivity contribution is -0.0612. The number of nitrogens with one attached hydrogen (secondary N) is 1. The quantitative estimate of drug-likeness (QED) is 0.550. The summed E-state index contributed by atoms with van der Waals surface area (Å²) in [5, 5.41) is 0. The highest BCUT2D eigenvalue weighted by Crippen LogP contribution is 2.44. The molecule has 0 aliphatic carbocycles. The highest BCUT2D eigenvalue weighted by atomic mass is 32.2. The topological polar surface area (TPSA) is 88.1 Å². The van der Waals surface area contributed by atoms with E-state index in [1.807, 2.05) is 6.07 Å². The summed E-state index contributed by atoms with van der Waals surface area (Å²) in [6, 6.07) is 6.34. The number of fused-ring (bicyclic) bond motifs is 1. The monoisotopic (exact) mass is 384 g/mol. The molecule has 2 aliphatic heterocycles. The van der Waals surface area contributed by atoms with Gasteiger partial charge in [-0.05, 0) is 30.9 Å². The van der Waals surface area contributed by atoms with Crippen LogP contribution in [0.25, 0.3) is 0 Å². The van der Waals surface area contributed by atoms with Gasteiger partial charge in [-0.3, -0.25) is 9.45 Å². The van der Waals surface area contributed by atoms with Gasteiger partial charge < -0.3 is 9.47 Å². The smallest absolute Gasteiger partial charge is 0.333 e. The van der Waals surface area contributed by atoms with E-state index in [-0.39, 0.29) is 18.2 Å². The molecule has 0 saturated carbocycles. The second-order valence-corrected chi connectivity index (χ2v) is 8.74. The molecule has 3 rings (SSSR count). The van der Waals surface area contributed by atoms with Crippen LogP contribution in [0.4, 0.5) is 0 Å². The third kappa shape index (κ3) is 4.55. The van der Waals surface area contributed by atoms with Crippen molar-refractivity contribution in [3.8, 4) is 5.75 Å². The zero-order valence-corrected chi connectivity index (χ0v) is 16.2. The fraction of sp³-hybridized carbons (Fsp3) is 0.667. The molecule has 1 aromatic carbocycles. The van der Waals surface area contributed by atoms with Crippen molar-refractivity contribution in [2.75, 3.05) is 32.8 Å². The number of morpholine rings is 1. The second kappa shape index (κ2) is 7.82. The first-order chi connectivity index (χ1) is 12.3. The predicted molar refractivity (Wildman–Crippen MR) is 98.8 cm³/mol. The van der Waals surface area contributed by atoms with Gasteiger partial charge in [0.05, 0.1) is 13.2 Å². The number of benzene rings is 1. The predicted octanol–water partition coefficient (Wildman–Crippen LogP) is 1.73. The van der Waals surface area contributed by atoms with Gasteiger partial charge in [0, 0.05) is 30.6 Å². The van der Waals surface area contributed by atoms with Crippen molar-refractivity contribution < 1.29 is 22.4 Å². The van der Waals surface area contributed by atoms with Gasteiger partial charge in [-0.2, -0.15) is 13.1 Å². The number of rotatable bonds is 7. The van der Waals surface area contributed by atoms with Gasteiger partial charge in [0.2, 0.25) is 0 Å². The normalized spacial score (nSPS) is 22.8. The average molecular weight is 384 g/mol. The minimum absolute atomic E-state index is 0.0237. The standard InChI is InChI=1S/C18H28N2O5S/c1-18(2)15-13-14(5-3-4-8-19-26(21,22)23)6-7-16(15)25-17(18)20-9-11-24-12-10-20/h6-7,13,17,19H,3-5,8-12H2,1-2H3,(H,21,22,23). The zero-order valence-electron chi connectivity index (χ0n) is 15.4. The minimum Gasteiger partial charge on any atom is -0.474 e. The number of unbranched alkanes of at least 4 members (excludes halogenated alkanes) is 1. The molecule has 146 valence electrons. The van der Waals surface area contributed by atoms with Gasteiger partial charge in [-0.15, -0.1) is 0 Å². The van der Waals surface area contributed by atoms with Crippen molar-refractivity contribution in [2.24, 2.45) is 0 Å². The van der Waals surface area contributed by atoms with E-state index in [2.05, 4.69) is 35.6 Å². The first-order valence-corrected chi connectivity index (χ1v) is 10.6. The first-order valence-electron chi connectivity index (χ1n) is 9.11. The summed E-state index contributed by atoms with van der Waals surface area (Å²) in [7, 11) is -4.09. The van der Waals surface area contributed by atoms with Crippen molar-refractivity contribution in [2.45, 2.75) is 44.8 Å². The van der Waals surface area contributed by atoms with Crippen molar-refractivity contribution in [1.82, 2.24) is 9.62 Å². The second-order valence-electron chi connectivity index (χ2n) is 7.50. The maximum absolute atomic E-state index is 10.6. The van der Waals surface area contributed by atoms with Gasteiger partial charge in [0.15, 0.2) is 6.23 Å². The van der Waals surface area contributed by atoms with Gasteiger partial charge >= 0.3 is 10.3 Å². The molecule has 0 spiro atoms. The van der Waals surface area contributed by atoms with E-state index >= 15 is 0 Å². The molecule has 1 saturated heterocycles. The van der Waals surface area contributed by atoms with Crippen molar-refractivity contribution in [3.63, 3.8) is 0 Å². The number of hydrogen-bond acceptors (Lipinski definition) is 5. The highest BCUT2D eigenvalue weighted by Gasteiger charge is 2.45. The van der Waals surface area contributed by atoms with Crippen LogP contribution < -0.4 is 9.46 Å². The summed E-state index contributed by atoms with van der Waals surface area (Å²) in [5.74, 6) is 0.947. The van der Waals surface area contributed by atoms with E-state index in [1.54, 1.807) is 0 Å². The van der Waals surface area contributed by atoms with Crippen LogP contribution in [0.5, 0.6) is 5.75 Å². The Bertz CT molecular complexity index is 729. The molecule has 0 bridgehead atoms. The lowest BCUT2D eigenvalue weighted by Crippen LogP contribution is -2.52. The molecule has 8 heteroatoms. The summed E-state index contributed by atoms with van der Waals surface area (Å²) in [6.45, 7) is 7.95. The molecule has 26 heavy (non-hydrogen) atoms. The van der Waals surface area contributed by atoms with E-state index < -0.39 is 10.3 Å². The SMILES string of the molecule is CC1(C)c2cc(CCCCNS(=O)(=O)O)ccc2OC1N1CCOCC1. The highest BCUT2D eigenvalue weighted by molar-refractivity contribution is 7.83. The maximum Gasteiger partial charge on any atom is 0.333 e. The molecule has 1 unspecified atom stereocenters. The molecular weight excluding hydrogens is 356 g/mol. The summed E-state index contributed by atoms with van der Waals surface area (Å²) in [5.41, 5.74) is 2.34. The van der Waals surface area contributed by atoms with Crippen LogP contribution in [-0.4, -0.2) is 56.9 Å². The largest absolute Gasteiger partial charge is 0.474 e. The van der Waals surface area contributed by atoms with Crippen LogP contribution in [0, 0.1) is 0 Å². The summed E-state index contributed by atoms with van der Waals surface area (Å²) < 4.78 is 43.8. The van der Waals surface area contributed by atoms with Gasteiger partial charge in [0.1, 0.15) is 5.75 Å². The molecule has 2 heterocycles. The Morgan fingerprint density at radius 3 is 2.69 bits per heavy atom. The van der Waals surface area contributed by atoms with E-state index in [1.165, 1.54) is 11.1 Å². The van der Waals surface area contributed by atoms with Crippen LogP contribution >= 0.6 is 0 Å². The van der Waals surface area contributed by atoms with E-state index in [4.69, 9.17) is 14.0 Å². The van der Waals surface area contributed by atoms with Crippen molar-refractivity contribution in [3.05, 3.63) is 29.3 Å². The molecule has 2 aliphatic rings. The van der Waals surface area contributed by atoms with Gasteiger partial charge in [-0.25, -0.2) is 0 Å². The molecule has 1 aromatic rings. The summed E-state index contributed by atoms with van der Waals surface area (Å²) >= 11 is 0. The fourth-order valence-electron chi connectivity index (χ4n) is 3.74. The summed E-state index contributed by atoms with van der Waals surface area (Å²) in [4.78, 5) is 2.35. The van der Waals surface area contributed by atoms with Gasteiger partial charge in [0.25, 0.3) is 0 Å². The Balaban J connectivity index is 1.60. The molecule has 0 amide bonds. The molecule has 2 N–H and O–H groups in total. The number of aryl methyl sites for hydroxylation is 1. The Morgan fingerprint density at radius 2 is 2.00 bits per heavy atom. The lowest BCUT2D eigenvalue weighted by Gasteiger charge is -2.38. The molecular formula is C18H28N2O5S. The van der Waals surface area contributed by atoms with E-state index in [0.29, 0.717) is 6.42 Å². The number of ether oxygens (including phenoxy) is 2. The Kier molecular flexibility index (Phi) is 5.88. The molecule has 0 aromatic heterocycles. The maximum atomic E-state index is 10.6. The third-order valence-corrected chi connectivity index (χ3v) is 5.72. The Labute approximate surface area is 155 Å². The minimum atomic E-state index is -4.09. The number of nitrogens with zero attached hydrogens (tertiary/aromatic N) is 1. The van der Waals surface area contributed by atoms with Crippen LogP contribution in [0.2, 0.25) is 0 Å². The fourth-order valence-corrected chi connectivity index (χ4v) is 4.14. The van der Waals surface area contributed by atoms with Crippen LogP contribution in [0.3, 0.4) is 0 Å². The summed E-state index contributed by atoms with van der Waals surface area (Å²) in [6.07, 6.45) is 2.40. The van der Waals surface area contributed by atoms with E-state index in [0.717, 1.165) is 44.9 Å². The third-order valence-electron chi connectivity index (χ3n) is 5.15. The Hall–Kier alpha value is -1.19. The van der Waals surface area contributed by atoms with Crippen molar-refractivity contribution >= 4 is 10.3 Å². The van der Waals surface area contributed by atoms with Crippen LogP contribution in [0.15, 0.2) is 18.2 Å². The molecule has 1 atom stereocenters. The first kappa shape index (κ1) is 19.6. The van der Waals surface area contributed by atoms with Crippen LogP contribution in [0.1, 0.15) is 37.8 Å². The molecule has 7 nitrogen and oxygen atoms in total. The molecule has 1 fully saturated rings. The lowest BCUT2D eigenvalue weighted by atomic mass is 9.82. The Morgan fingerprint density at radius 1 is 1.27 bits per heavy atom. The number of hydrogen-bond donors (Lipinski definition) is 2.